The lowest BCUT2D eigenvalue weighted by Crippen LogP contribution is -2.45. The van der Waals surface area contributed by atoms with Gasteiger partial charge in [-0.15, -0.1) is 5.10 Å². The van der Waals surface area contributed by atoms with Crippen LogP contribution < -0.4 is 36.4 Å². The first kappa shape index (κ1) is 29.3. The van der Waals surface area contributed by atoms with Crippen LogP contribution >= 0.6 is 57.7 Å². The highest BCUT2D eigenvalue weighted by Gasteiger charge is 2.10. The van der Waals surface area contributed by atoms with Gasteiger partial charge in [-0.05, 0) is 54.6 Å². The molecule has 40 heavy (non-hydrogen) atoms. The maximum absolute atomic E-state index is 12.2. The summed E-state index contributed by atoms with van der Waals surface area (Å²) < 4.78 is 8.12. The molecule has 5 N–H and O–H groups in total. The summed E-state index contributed by atoms with van der Waals surface area (Å²) in [4.78, 5) is 36.8. The van der Waals surface area contributed by atoms with E-state index in [1.165, 1.54) is 29.5 Å². The van der Waals surface area contributed by atoms with E-state index < -0.39 is 18.0 Å². The highest BCUT2D eigenvalue weighted by Crippen LogP contribution is 2.26. The SMILES string of the molecule is Cn1/c(=N/NC(=O)Nc2ccc(Cl)c(Cl)c2)sc2cc(OCC(=O)NNC(=O)Nc3ccc(Cl)c(Cl)c3)ccc21. The Labute approximate surface area is 251 Å². The van der Waals surface area contributed by atoms with Crippen molar-refractivity contribution >= 4 is 97.3 Å². The van der Waals surface area contributed by atoms with Gasteiger partial charge in [-0.1, -0.05) is 57.7 Å². The molecule has 0 aliphatic heterocycles. The smallest absolute Gasteiger partial charge is 0.339 e. The van der Waals surface area contributed by atoms with Crippen LogP contribution in [0.4, 0.5) is 21.0 Å². The Morgan fingerprint density at radius 2 is 1.45 bits per heavy atom. The number of anilines is 2. The third-order valence-electron chi connectivity index (χ3n) is 5.07. The first-order valence-electron chi connectivity index (χ1n) is 11.2. The first-order chi connectivity index (χ1) is 19.1. The van der Waals surface area contributed by atoms with Crippen molar-refractivity contribution < 1.29 is 19.1 Å². The highest BCUT2D eigenvalue weighted by atomic mass is 35.5. The summed E-state index contributed by atoms with van der Waals surface area (Å²) in [5.41, 5.74) is 8.56. The first-order valence-corrected chi connectivity index (χ1v) is 13.5. The van der Waals surface area contributed by atoms with Crippen LogP contribution in [0.5, 0.6) is 5.75 Å². The number of rotatable bonds is 6. The molecule has 0 spiro atoms. The van der Waals surface area contributed by atoms with Gasteiger partial charge in [0.25, 0.3) is 5.91 Å². The Kier molecular flexibility index (Phi) is 9.61. The van der Waals surface area contributed by atoms with Crippen LogP contribution in [0, 0.1) is 0 Å². The van der Waals surface area contributed by atoms with E-state index >= 15 is 0 Å². The number of urea groups is 2. The van der Waals surface area contributed by atoms with Crippen LogP contribution in [0.3, 0.4) is 0 Å². The molecule has 0 aliphatic carbocycles. The van der Waals surface area contributed by atoms with E-state index in [9.17, 15) is 14.4 Å². The number of thiazole rings is 1. The molecule has 0 radical (unpaired) electrons. The lowest BCUT2D eigenvalue weighted by atomic mass is 10.3. The molecule has 3 aromatic carbocycles. The number of benzene rings is 3. The number of fused-ring (bicyclic) bond motifs is 1. The van der Waals surface area contributed by atoms with Crippen molar-refractivity contribution in [1.82, 2.24) is 20.8 Å². The average Bonchev–Trinajstić information content (AvgIpc) is 3.23. The minimum Gasteiger partial charge on any atom is -0.484 e. The summed E-state index contributed by atoms with van der Waals surface area (Å²) >= 11 is 24.9. The van der Waals surface area contributed by atoms with E-state index in [-0.39, 0.29) is 11.6 Å². The summed E-state index contributed by atoms with van der Waals surface area (Å²) in [6.45, 7) is -0.357. The Morgan fingerprint density at radius 3 is 2.08 bits per heavy atom. The molecule has 0 unspecified atom stereocenters. The van der Waals surface area contributed by atoms with Gasteiger partial charge < -0.3 is 19.9 Å². The number of nitrogens with one attached hydrogen (secondary N) is 5. The molecular formula is C24H19Cl4N7O4S. The van der Waals surface area contributed by atoms with Gasteiger partial charge in [-0.25, -0.2) is 20.4 Å². The Balaban J connectivity index is 1.30. The molecule has 0 atom stereocenters. The Hall–Kier alpha value is -3.68. The van der Waals surface area contributed by atoms with Crippen molar-refractivity contribution in [2.45, 2.75) is 0 Å². The maximum atomic E-state index is 12.2. The number of hydrogen-bond acceptors (Lipinski definition) is 6. The largest absolute Gasteiger partial charge is 0.484 e. The molecule has 4 rings (SSSR count). The zero-order valence-corrected chi connectivity index (χ0v) is 24.2. The molecule has 1 heterocycles. The number of carbonyl (C=O) groups excluding carboxylic acids is 3. The number of nitrogens with zero attached hydrogens (tertiary/aromatic N) is 2. The second kappa shape index (κ2) is 13.1. The third kappa shape index (κ3) is 7.71. The molecule has 0 aliphatic rings. The number of aryl methyl sites for hydroxylation is 1. The number of aromatic nitrogens is 1. The van der Waals surface area contributed by atoms with Crippen molar-refractivity contribution in [2.75, 3.05) is 17.2 Å². The van der Waals surface area contributed by atoms with Gasteiger partial charge in [0.2, 0.25) is 4.80 Å². The second-order valence-electron chi connectivity index (χ2n) is 7.92. The standard InChI is InChI=1S/C24H19Cl4N7O4S/c1-35-19-7-4-14(39-11-21(36)31-32-22(37)29-12-2-5-15(25)17(27)8-12)10-20(19)40-24(35)34-33-23(38)30-13-3-6-16(26)18(28)9-13/h2-10H,11H2,1H3,(H,31,36)(H2,29,32,37)(H2,30,33,38)/b34-24-. The van der Waals surface area contributed by atoms with Gasteiger partial charge in [0.15, 0.2) is 6.61 Å². The number of carbonyl (C=O) groups is 3. The van der Waals surface area contributed by atoms with Crippen LogP contribution in [0.2, 0.25) is 20.1 Å². The van der Waals surface area contributed by atoms with Crippen molar-refractivity contribution in [1.29, 1.82) is 0 Å². The molecule has 0 fully saturated rings. The molecule has 208 valence electrons. The van der Waals surface area contributed by atoms with Crippen LogP contribution in [-0.2, 0) is 11.8 Å². The number of hydrogen-bond donors (Lipinski definition) is 5. The fourth-order valence-corrected chi connectivity index (χ4v) is 4.79. The zero-order valence-electron chi connectivity index (χ0n) is 20.4. The predicted octanol–water partition coefficient (Wildman–Crippen LogP) is 5.72. The van der Waals surface area contributed by atoms with Gasteiger partial charge >= 0.3 is 12.1 Å². The van der Waals surface area contributed by atoms with E-state index in [4.69, 9.17) is 51.1 Å². The summed E-state index contributed by atoms with van der Waals surface area (Å²) in [6.07, 6.45) is 0. The van der Waals surface area contributed by atoms with Crippen LogP contribution in [0.25, 0.3) is 10.2 Å². The van der Waals surface area contributed by atoms with Gasteiger partial charge in [0, 0.05) is 18.4 Å². The van der Waals surface area contributed by atoms with Gasteiger partial charge in [0.05, 0.1) is 30.3 Å². The number of halogens is 4. The summed E-state index contributed by atoms with van der Waals surface area (Å²) in [5, 5.41) is 10.6. The topological polar surface area (TPSA) is 138 Å². The molecular weight excluding hydrogens is 624 g/mol. The number of amides is 5. The van der Waals surface area contributed by atoms with Crippen molar-refractivity contribution in [3.63, 3.8) is 0 Å². The summed E-state index contributed by atoms with van der Waals surface area (Å²) in [5.74, 6) is -0.171. The molecule has 0 saturated heterocycles. The van der Waals surface area contributed by atoms with Gasteiger partial charge in [0.1, 0.15) is 5.75 Å². The monoisotopic (exact) mass is 641 g/mol. The Morgan fingerprint density at radius 1 is 0.825 bits per heavy atom. The van der Waals surface area contributed by atoms with Crippen LogP contribution in [0.1, 0.15) is 0 Å². The fraction of sp³-hybridized carbons (Fsp3) is 0.0833. The van der Waals surface area contributed by atoms with E-state index in [1.807, 2.05) is 0 Å². The maximum Gasteiger partial charge on any atom is 0.339 e. The average molecular weight is 643 g/mol. The molecule has 11 nitrogen and oxygen atoms in total. The van der Waals surface area contributed by atoms with E-state index in [0.717, 1.165) is 10.2 Å². The summed E-state index contributed by atoms with van der Waals surface area (Å²) in [6, 6.07) is 13.2. The van der Waals surface area contributed by atoms with Gasteiger partial charge in [-0.2, -0.15) is 0 Å². The predicted molar refractivity (Wildman–Crippen MR) is 157 cm³/mol. The van der Waals surface area contributed by atoms with Crippen molar-refractivity contribution in [3.8, 4) is 5.75 Å². The molecule has 4 aromatic rings. The molecule has 16 heteroatoms. The second-order valence-corrected chi connectivity index (χ2v) is 10.6. The highest BCUT2D eigenvalue weighted by molar-refractivity contribution is 7.16. The quantitative estimate of drug-likeness (QED) is 0.172. The molecule has 0 saturated carbocycles. The Bertz CT molecular complexity index is 1670. The van der Waals surface area contributed by atoms with Crippen LogP contribution in [0.15, 0.2) is 59.7 Å². The normalized spacial score (nSPS) is 11.2. The molecule has 0 bridgehead atoms. The minimum absolute atomic E-state index is 0.274. The minimum atomic E-state index is -0.685. The summed E-state index contributed by atoms with van der Waals surface area (Å²) in [7, 11) is 1.79. The van der Waals surface area contributed by atoms with Crippen molar-refractivity contribution in [3.05, 3.63) is 79.5 Å². The lowest BCUT2D eigenvalue weighted by Gasteiger charge is -2.10. The molecule has 1 aromatic heterocycles. The third-order valence-corrected chi connectivity index (χ3v) is 7.65. The number of hydrazine groups is 1. The van der Waals surface area contributed by atoms with Crippen LogP contribution in [-0.4, -0.2) is 29.1 Å². The lowest BCUT2D eigenvalue weighted by molar-refractivity contribution is -0.123. The van der Waals surface area contributed by atoms with E-state index in [0.29, 0.717) is 37.0 Å². The zero-order chi connectivity index (χ0) is 28.8. The fourth-order valence-electron chi connectivity index (χ4n) is 3.19. The molecule has 5 amide bonds. The van der Waals surface area contributed by atoms with Crippen molar-refractivity contribution in [2.24, 2.45) is 12.1 Å². The van der Waals surface area contributed by atoms with Gasteiger partial charge in [-0.3, -0.25) is 10.2 Å². The van der Waals surface area contributed by atoms with E-state index in [1.54, 1.807) is 48.0 Å². The van der Waals surface area contributed by atoms with E-state index in [2.05, 4.69) is 32.0 Å². The number of ether oxygens (including phenoxy) is 1.